The fourth-order valence-electron chi connectivity index (χ4n) is 4.49. The maximum absolute atomic E-state index is 9.92. The Hall–Kier alpha value is -2.64. The molecule has 30 heavy (non-hydrogen) atoms. The van der Waals surface area contributed by atoms with Gasteiger partial charge in [0.25, 0.3) is 0 Å². The average Bonchev–Trinajstić information content (AvgIpc) is 3.19. The summed E-state index contributed by atoms with van der Waals surface area (Å²) >= 11 is 0. The highest BCUT2D eigenvalue weighted by Gasteiger charge is 2.25. The van der Waals surface area contributed by atoms with Crippen molar-refractivity contribution in [3.63, 3.8) is 0 Å². The normalized spacial score (nSPS) is 23.5. The van der Waals surface area contributed by atoms with Gasteiger partial charge in [-0.2, -0.15) is 0 Å². The zero-order valence-corrected chi connectivity index (χ0v) is 17.4. The summed E-state index contributed by atoms with van der Waals surface area (Å²) in [7, 11) is 2.02. The summed E-state index contributed by atoms with van der Waals surface area (Å²) < 4.78 is 5.46. The molecule has 0 bridgehead atoms. The number of aliphatic imine (C=N–C) groups is 1. The second kappa shape index (κ2) is 8.24. The van der Waals surface area contributed by atoms with E-state index >= 15 is 0 Å². The van der Waals surface area contributed by atoms with Crippen LogP contribution in [-0.2, 0) is 11.3 Å². The Morgan fingerprint density at radius 1 is 1.13 bits per heavy atom. The second-order valence-electron chi connectivity index (χ2n) is 8.47. The van der Waals surface area contributed by atoms with E-state index in [4.69, 9.17) is 9.72 Å². The van der Waals surface area contributed by atoms with Gasteiger partial charge in [0.1, 0.15) is 5.82 Å². The summed E-state index contributed by atoms with van der Waals surface area (Å²) in [5, 5.41) is 13.5. The highest BCUT2D eigenvalue weighted by Crippen LogP contribution is 2.35. The van der Waals surface area contributed by atoms with Crippen molar-refractivity contribution >= 4 is 23.5 Å². The van der Waals surface area contributed by atoms with Crippen LogP contribution in [0.1, 0.15) is 24.8 Å². The molecule has 1 aliphatic carbocycles. The highest BCUT2D eigenvalue weighted by atomic mass is 16.5. The van der Waals surface area contributed by atoms with Crippen molar-refractivity contribution in [3.05, 3.63) is 35.9 Å². The van der Waals surface area contributed by atoms with E-state index in [1.165, 1.54) is 5.69 Å². The summed E-state index contributed by atoms with van der Waals surface area (Å²) in [6.07, 6.45) is 4.25. The van der Waals surface area contributed by atoms with Gasteiger partial charge in [-0.1, -0.05) is 12.1 Å². The number of aliphatic hydroxyl groups excluding tert-OH is 1. The molecule has 2 aliphatic heterocycles. The monoisotopic (exact) mass is 407 g/mol. The van der Waals surface area contributed by atoms with Gasteiger partial charge in [0.15, 0.2) is 0 Å². The maximum Gasteiger partial charge on any atom is 0.134 e. The van der Waals surface area contributed by atoms with Gasteiger partial charge in [-0.15, -0.1) is 0 Å². The number of morpholine rings is 1. The van der Waals surface area contributed by atoms with Crippen LogP contribution in [-0.4, -0.2) is 66.8 Å². The van der Waals surface area contributed by atoms with E-state index in [0.717, 1.165) is 80.4 Å². The smallest absolute Gasteiger partial charge is 0.134 e. The molecule has 2 atom stereocenters. The molecule has 5 rings (SSSR count). The number of hydrogen-bond donors (Lipinski definition) is 2. The van der Waals surface area contributed by atoms with Crippen molar-refractivity contribution in [1.29, 1.82) is 0 Å². The number of nitrogens with one attached hydrogen (secondary N) is 1. The van der Waals surface area contributed by atoms with Crippen molar-refractivity contribution < 1.29 is 9.84 Å². The number of hydrogen-bond acceptors (Lipinski definition) is 7. The molecule has 7 heteroatoms. The Bertz CT molecular complexity index is 924. The zero-order chi connectivity index (χ0) is 20.5. The Morgan fingerprint density at radius 3 is 2.67 bits per heavy atom. The molecule has 2 aromatic rings. The molecular formula is C23H29N5O2. The minimum atomic E-state index is -0.213. The predicted molar refractivity (Wildman–Crippen MR) is 120 cm³/mol. The minimum Gasteiger partial charge on any atom is -0.393 e. The fraction of sp³-hybridized carbons (Fsp3) is 0.478. The average molecular weight is 408 g/mol. The lowest BCUT2D eigenvalue weighted by Gasteiger charge is -2.29. The molecule has 1 saturated heterocycles. The number of fused-ring (bicyclic) bond motifs is 1. The summed E-state index contributed by atoms with van der Waals surface area (Å²) in [6.45, 7) is 4.20. The van der Waals surface area contributed by atoms with Crippen LogP contribution in [0.2, 0.25) is 0 Å². The van der Waals surface area contributed by atoms with Crippen molar-refractivity contribution in [2.75, 3.05) is 43.6 Å². The van der Waals surface area contributed by atoms with Crippen LogP contribution in [0.15, 0.2) is 35.3 Å². The molecule has 2 N–H and O–H groups in total. The van der Waals surface area contributed by atoms with E-state index in [0.29, 0.717) is 0 Å². The third-order valence-electron chi connectivity index (χ3n) is 6.19. The van der Waals surface area contributed by atoms with Gasteiger partial charge in [-0.05, 0) is 37.5 Å². The molecule has 3 heterocycles. The van der Waals surface area contributed by atoms with E-state index in [9.17, 15) is 5.11 Å². The fourth-order valence-corrected chi connectivity index (χ4v) is 4.49. The van der Waals surface area contributed by atoms with E-state index in [-0.39, 0.29) is 12.1 Å². The number of pyridine rings is 1. The van der Waals surface area contributed by atoms with Gasteiger partial charge >= 0.3 is 0 Å². The van der Waals surface area contributed by atoms with E-state index in [1.54, 1.807) is 0 Å². The highest BCUT2D eigenvalue weighted by molar-refractivity contribution is 5.76. The van der Waals surface area contributed by atoms with Crippen LogP contribution in [0.5, 0.6) is 0 Å². The summed E-state index contributed by atoms with van der Waals surface area (Å²) in [6, 6.07) is 10.9. The summed E-state index contributed by atoms with van der Waals surface area (Å²) in [5.74, 6) is 0.891. The van der Waals surface area contributed by atoms with E-state index < -0.39 is 0 Å². The van der Waals surface area contributed by atoms with Crippen LogP contribution in [0.4, 0.5) is 17.2 Å². The van der Waals surface area contributed by atoms with Crippen molar-refractivity contribution in [1.82, 2.24) is 9.88 Å². The summed E-state index contributed by atoms with van der Waals surface area (Å²) in [4.78, 5) is 14.1. The predicted octanol–water partition coefficient (Wildman–Crippen LogP) is 3.02. The number of anilines is 2. The van der Waals surface area contributed by atoms with Gasteiger partial charge < -0.3 is 25.0 Å². The molecule has 1 aromatic carbocycles. The number of benzene rings is 1. The van der Waals surface area contributed by atoms with Gasteiger partial charge in [0, 0.05) is 49.5 Å². The Balaban J connectivity index is 1.45. The molecule has 3 aliphatic rings. The van der Waals surface area contributed by atoms with Gasteiger partial charge in [-0.25, -0.2) is 9.98 Å². The molecule has 7 nitrogen and oxygen atoms in total. The molecule has 1 saturated carbocycles. The third-order valence-corrected chi connectivity index (χ3v) is 6.19. The molecule has 2 fully saturated rings. The van der Waals surface area contributed by atoms with Crippen molar-refractivity contribution in [3.8, 4) is 11.3 Å². The van der Waals surface area contributed by atoms with Crippen LogP contribution in [0.3, 0.4) is 0 Å². The van der Waals surface area contributed by atoms with Gasteiger partial charge in [0.05, 0.1) is 37.0 Å². The van der Waals surface area contributed by atoms with Crippen LogP contribution >= 0.6 is 0 Å². The van der Waals surface area contributed by atoms with Crippen LogP contribution in [0.25, 0.3) is 11.3 Å². The lowest BCUT2D eigenvalue weighted by Crippen LogP contribution is -2.36. The maximum atomic E-state index is 9.92. The van der Waals surface area contributed by atoms with Crippen LogP contribution in [0, 0.1) is 0 Å². The van der Waals surface area contributed by atoms with E-state index in [1.807, 2.05) is 13.4 Å². The molecule has 0 spiro atoms. The molecule has 2 unspecified atom stereocenters. The Labute approximate surface area is 177 Å². The van der Waals surface area contributed by atoms with Crippen molar-refractivity contribution in [2.45, 2.75) is 38.0 Å². The molecule has 0 radical (unpaired) electrons. The topological polar surface area (TPSA) is 73.2 Å². The first-order valence-electron chi connectivity index (χ1n) is 10.8. The quantitative estimate of drug-likeness (QED) is 0.812. The number of aromatic nitrogens is 1. The number of nitrogens with zero attached hydrogens (tertiary/aromatic N) is 4. The first-order valence-corrected chi connectivity index (χ1v) is 10.8. The molecule has 158 valence electrons. The lowest BCUT2D eigenvalue weighted by molar-refractivity contribution is 0.122. The molecule has 1 aromatic heterocycles. The number of ether oxygens (including phenoxy) is 1. The van der Waals surface area contributed by atoms with E-state index in [2.05, 4.69) is 50.4 Å². The largest absolute Gasteiger partial charge is 0.393 e. The van der Waals surface area contributed by atoms with Gasteiger partial charge in [0.2, 0.25) is 0 Å². The first kappa shape index (κ1) is 19.3. The Kier molecular flexibility index (Phi) is 5.31. The number of rotatable bonds is 4. The van der Waals surface area contributed by atoms with Gasteiger partial charge in [-0.3, -0.25) is 0 Å². The minimum absolute atomic E-state index is 0.213. The van der Waals surface area contributed by atoms with Crippen molar-refractivity contribution in [2.24, 2.45) is 4.99 Å². The third kappa shape index (κ3) is 4.00. The van der Waals surface area contributed by atoms with Crippen LogP contribution < -0.4 is 10.2 Å². The lowest BCUT2D eigenvalue weighted by atomic mass is 10.1. The summed E-state index contributed by atoms with van der Waals surface area (Å²) in [5.41, 5.74) is 5.31. The first-order chi connectivity index (χ1) is 14.7. The molecular weight excluding hydrogens is 378 g/mol. The number of aliphatic hydroxyl groups is 1. The Morgan fingerprint density at radius 2 is 1.93 bits per heavy atom. The standard InChI is InChI=1S/C23H29N5O2/c1-27-14-20-22(24-15-27)13-21(26-23(20)25-17-4-7-19(29)12-17)16-2-5-18(6-3-16)28-8-10-30-11-9-28/h2-3,5-6,13,15,17,19,29H,4,7-12,14H2,1H3,(H,25,26). The second-order valence-corrected chi connectivity index (χ2v) is 8.47. The SMILES string of the molecule is CN1C=Nc2cc(-c3ccc(N4CCOCC4)cc3)nc(NC3CCC(O)C3)c2C1. The molecule has 0 amide bonds. The zero-order valence-electron chi connectivity index (χ0n) is 17.4.